The lowest BCUT2D eigenvalue weighted by molar-refractivity contribution is 0.102. The van der Waals surface area contributed by atoms with Gasteiger partial charge in [0.25, 0.3) is 5.91 Å². The summed E-state index contributed by atoms with van der Waals surface area (Å²) in [4.78, 5) is 17.9. The number of fused-ring (bicyclic) bond motifs is 1. The molecule has 2 heterocycles. The van der Waals surface area contributed by atoms with Crippen LogP contribution in [0.4, 0.5) is 5.69 Å². The largest absolute Gasteiger partial charge is 0.322 e. The van der Waals surface area contributed by atoms with E-state index < -0.39 is 0 Å². The molecule has 0 unspecified atom stereocenters. The molecule has 0 saturated heterocycles. The Hall–Kier alpha value is -4.18. The molecule has 5 rings (SSSR count). The minimum atomic E-state index is -0.121. The Bertz CT molecular complexity index is 1430. The molecule has 0 radical (unpaired) electrons. The molecule has 1 N–H and O–H groups in total. The van der Waals surface area contributed by atoms with Gasteiger partial charge in [0.1, 0.15) is 0 Å². The van der Waals surface area contributed by atoms with Crippen LogP contribution < -0.4 is 5.32 Å². The molecule has 0 fully saturated rings. The van der Waals surface area contributed by atoms with Crippen LogP contribution in [0.3, 0.4) is 0 Å². The van der Waals surface area contributed by atoms with Crippen LogP contribution in [0, 0.1) is 13.8 Å². The van der Waals surface area contributed by atoms with Crippen LogP contribution in [-0.2, 0) is 0 Å². The predicted molar refractivity (Wildman–Crippen MR) is 130 cm³/mol. The number of anilines is 1. The Kier molecular flexibility index (Phi) is 5.04. The van der Waals surface area contributed by atoms with Crippen molar-refractivity contribution in [2.75, 3.05) is 5.32 Å². The van der Waals surface area contributed by atoms with Crippen LogP contribution in [0.1, 0.15) is 21.7 Å². The smallest absolute Gasteiger partial charge is 0.257 e. The third-order valence-corrected chi connectivity index (χ3v) is 5.70. The molecule has 0 aliphatic carbocycles. The van der Waals surface area contributed by atoms with E-state index in [2.05, 4.69) is 22.0 Å². The number of hydrogen-bond acceptors (Lipinski definition) is 2. The maximum Gasteiger partial charge on any atom is 0.257 e. The second-order valence-electron chi connectivity index (χ2n) is 7.88. The first kappa shape index (κ1) is 19.8. The molecule has 156 valence electrons. The Morgan fingerprint density at radius 2 is 1.59 bits per heavy atom. The monoisotopic (exact) mass is 417 g/mol. The van der Waals surface area contributed by atoms with Gasteiger partial charge in [0.2, 0.25) is 0 Å². The molecule has 0 spiro atoms. The zero-order valence-corrected chi connectivity index (χ0v) is 18.0. The molecule has 5 aromatic rings. The van der Waals surface area contributed by atoms with E-state index in [4.69, 9.17) is 4.98 Å². The highest BCUT2D eigenvalue weighted by Gasteiger charge is 2.17. The van der Waals surface area contributed by atoms with E-state index in [-0.39, 0.29) is 5.91 Å². The number of carbonyl (C=O) groups is 1. The molecule has 4 heteroatoms. The maximum atomic E-state index is 13.1. The predicted octanol–water partition coefficient (Wildman–Crippen LogP) is 6.56. The number of benzene rings is 3. The van der Waals surface area contributed by atoms with Crippen LogP contribution >= 0.6 is 0 Å². The van der Waals surface area contributed by atoms with E-state index in [1.54, 1.807) is 0 Å². The van der Waals surface area contributed by atoms with Gasteiger partial charge < -0.3 is 9.88 Å². The van der Waals surface area contributed by atoms with Crippen molar-refractivity contribution in [3.8, 4) is 16.9 Å². The fourth-order valence-corrected chi connectivity index (χ4v) is 4.15. The Morgan fingerprint density at radius 1 is 0.812 bits per heavy atom. The van der Waals surface area contributed by atoms with Crippen LogP contribution in [0.15, 0.2) is 97.1 Å². The fraction of sp³-hybridized carbons (Fsp3) is 0.0714. The molecule has 32 heavy (non-hydrogen) atoms. The standard InChI is InChI=1S/C28H23N3O/c1-19-17-25(20(2)31(19)24-12-4-3-5-13-24)28(32)29-23-11-8-10-22(18-23)27-16-15-21-9-6-7-14-26(21)30-27/h3-18H,1-2H3,(H,29,32). The molecule has 0 bridgehead atoms. The average molecular weight is 418 g/mol. The van der Waals surface area contributed by atoms with Crippen molar-refractivity contribution in [1.82, 2.24) is 9.55 Å². The minimum absolute atomic E-state index is 0.121. The topological polar surface area (TPSA) is 46.9 Å². The van der Waals surface area contributed by atoms with E-state index in [0.717, 1.165) is 44.9 Å². The lowest BCUT2D eigenvalue weighted by Gasteiger charge is -2.10. The molecule has 3 aromatic carbocycles. The Balaban J connectivity index is 1.43. The number of aromatic nitrogens is 2. The molecule has 0 aliphatic heterocycles. The van der Waals surface area contributed by atoms with Crippen LogP contribution in [0.5, 0.6) is 0 Å². The van der Waals surface area contributed by atoms with Gasteiger partial charge in [0, 0.05) is 33.7 Å². The van der Waals surface area contributed by atoms with Gasteiger partial charge >= 0.3 is 0 Å². The number of nitrogens with one attached hydrogen (secondary N) is 1. The summed E-state index contributed by atoms with van der Waals surface area (Å²) in [6.07, 6.45) is 0. The lowest BCUT2D eigenvalue weighted by atomic mass is 10.1. The van der Waals surface area contributed by atoms with Crippen molar-refractivity contribution >= 4 is 22.5 Å². The second-order valence-corrected chi connectivity index (χ2v) is 7.88. The maximum absolute atomic E-state index is 13.1. The quantitative estimate of drug-likeness (QED) is 0.360. The van der Waals surface area contributed by atoms with Gasteiger partial charge in [-0.1, -0.05) is 54.6 Å². The summed E-state index contributed by atoms with van der Waals surface area (Å²) in [6.45, 7) is 3.99. The van der Waals surface area contributed by atoms with Crippen molar-refractivity contribution in [2.24, 2.45) is 0 Å². The SMILES string of the molecule is Cc1cc(C(=O)Nc2cccc(-c3ccc4ccccc4n3)c2)c(C)n1-c1ccccc1. The van der Waals surface area contributed by atoms with E-state index in [9.17, 15) is 4.79 Å². The van der Waals surface area contributed by atoms with Crippen LogP contribution in [-0.4, -0.2) is 15.5 Å². The van der Waals surface area contributed by atoms with Crippen molar-refractivity contribution < 1.29 is 4.79 Å². The van der Waals surface area contributed by atoms with Crippen LogP contribution in [0.25, 0.3) is 27.8 Å². The Labute approximate surface area is 187 Å². The van der Waals surface area contributed by atoms with E-state index in [0.29, 0.717) is 5.56 Å². The highest BCUT2D eigenvalue weighted by molar-refractivity contribution is 6.05. The number of rotatable bonds is 4. The fourth-order valence-electron chi connectivity index (χ4n) is 4.15. The number of carbonyl (C=O) groups excluding carboxylic acids is 1. The summed E-state index contributed by atoms with van der Waals surface area (Å²) < 4.78 is 2.10. The third-order valence-electron chi connectivity index (χ3n) is 5.70. The van der Waals surface area contributed by atoms with E-state index in [1.165, 1.54) is 0 Å². The zero-order chi connectivity index (χ0) is 22.1. The normalized spacial score (nSPS) is 10.9. The zero-order valence-electron chi connectivity index (χ0n) is 18.0. The summed E-state index contributed by atoms with van der Waals surface area (Å²) in [6, 6.07) is 32.0. The summed E-state index contributed by atoms with van der Waals surface area (Å²) in [7, 11) is 0. The average Bonchev–Trinajstić information content (AvgIpc) is 3.13. The number of nitrogens with zero attached hydrogens (tertiary/aromatic N) is 2. The van der Waals surface area contributed by atoms with Gasteiger partial charge in [-0.2, -0.15) is 0 Å². The molecule has 4 nitrogen and oxygen atoms in total. The Morgan fingerprint density at radius 3 is 2.44 bits per heavy atom. The highest BCUT2D eigenvalue weighted by atomic mass is 16.1. The minimum Gasteiger partial charge on any atom is -0.322 e. The number of amides is 1. The number of para-hydroxylation sites is 2. The number of hydrogen-bond donors (Lipinski definition) is 1. The van der Waals surface area contributed by atoms with Gasteiger partial charge in [0.05, 0.1) is 16.8 Å². The summed E-state index contributed by atoms with van der Waals surface area (Å²) in [5, 5.41) is 4.16. The van der Waals surface area contributed by atoms with Crippen molar-refractivity contribution in [3.05, 3.63) is 114 Å². The molecule has 0 aliphatic rings. The van der Waals surface area contributed by atoms with Crippen LogP contribution in [0.2, 0.25) is 0 Å². The van der Waals surface area contributed by atoms with Gasteiger partial charge in [-0.25, -0.2) is 4.98 Å². The highest BCUT2D eigenvalue weighted by Crippen LogP contribution is 2.25. The number of aryl methyl sites for hydroxylation is 1. The van der Waals surface area contributed by atoms with Gasteiger partial charge in [-0.15, -0.1) is 0 Å². The molecular weight excluding hydrogens is 394 g/mol. The first-order chi connectivity index (χ1) is 15.6. The summed E-state index contributed by atoms with van der Waals surface area (Å²) in [5.41, 5.74) is 7.18. The van der Waals surface area contributed by atoms with Crippen molar-refractivity contribution in [3.63, 3.8) is 0 Å². The van der Waals surface area contributed by atoms with Crippen molar-refractivity contribution in [2.45, 2.75) is 13.8 Å². The second kappa shape index (κ2) is 8.16. The molecule has 1 amide bonds. The molecule has 2 aromatic heterocycles. The van der Waals surface area contributed by atoms with Gasteiger partial charge in [-0.05, 0) is 56.3 Å². The third kappa shape index (κ3) is 3.67. The van der Waals surface area contributed by atoms with E-state index >= 15 is 0 Å². The summed E-state index contributed by atoms with van der Waals surface area (Å²) >= 11 is 0. The number of pyridine rings is 1. The molecule has 0 saturated carbocycles. The van der Waals surface area contributed by atoms with Gasteiger partial charge in [-0.3, -0.25) is 4.79 Å². The first-order valence-electron chi connectivity index (χ1n) is 10.6. The van der Waals surface area contributed by atoms with E-state index in [1.807, 2.05) is 98.8 Å². The van der Waals surface area contributed by atoms with Gasteiger partial charge in [0.15, 0.2) is 0 Å². The molecule has 0 atom stereocenters. The lowest BCUT2D eigenvalue weighted by Crippen LogP contribution is -2.13. The molecular formula is C28H23N3O. The first-order valence-corrected chi connectivity index (χ1v) is 10.6. The summed E-state index contributed by atoms with van der Waals surface area (Å²) in [5.74, 6) is -0.121. The van der Waals surface area contributed by atoms with Crippen molar-refractivity contribution in [1.29, 1.82) is 0 Å².